The molecule has 1 rings (SSSR count). The van der Waals surface area contributed by atoms with Gasteiger partial charge in [-0.1, -0.05) is 0 Å². The molecule has 0 bridgehead atoms. The largest absolute Gasteiger partial charge is 0.394 e. The second-order valence-corrected chi connectivity index (χ2v) is 2.79. The molecule has 0 saturated carbocycles. The fraction of sp³-hybridized carbons (Fsp3) is 0.833. The van der Waals surface area contributed by atoms with E-state index in [0.29, 0.717) is 0 Å². The molecule has 5 nitrogen and oxygen atoms in total. The van der Waals surface area contributed by atoms with Gasteiger partial charge in [-0.05, 0) is 6.92 Å². The average Bonchev–Trinajstić information content (AvgIpc) is 2.27. The Labute approximate surface area is 64.4 Å². The molecule has 0 aliphatic carbocycles. The van der Waals surface area contributed by atoms with E-state index >= 15 is 0 Å². The first kappa shape index (κ1) is 8.29. The summed E-state index contributed by atoms with van der Waals surface area (Å²) in [7, 11) is 0. The van der Waals surface area contributed by atoms with Crippen molar-refractivity contribution in [2.24, 2.45) is 0 Å². The molecule has 1 aliphatic rings. The smallest absolute Gasteiger partial charge is 0.315 e. The van der Waals surface area contributed by atoms with Crippen molar-refractivity contribution >= 4 is 6.03 Å². The van der Waals surface area contributed by atoms with Crippen molar-refractivity contribution in [2.75, 3.05) is 13.2 Å². The molecular weight excluding hydrogens is 148 g/mol. The fourth-order valence-corrected chi connectivity index (χ4v) is 1.11. The first-order valence-electron chi connectivity index (χ1n) is 3.45. The highest BCUT2D eigenvalue weighted by Gasteiger charge is 2.42. The lowest BCUT2D eigenvalue weighted by molar-refractivity contribution is 0.0968. The van der Waals surface area contributed by atoms with Gasteiger partial charge in [-0.15, -0.1) is 0 Å². The number of amides is 2. The van der Waals surface area contributed by atoms with Crippen LogP contribution in [0.4, 0.5) is 4.79 Å². The molecule has 1 aliphatic heterocycles. The van der Waals surface area contributed by atoms with E-state index in [9.17, 15) is 4.79 Å². The van der Waals surface area contributed by atoms with Crippen molar-refractivity contribution in [3.05, 3.63) is 0 Å². The summed E-state index contributed by atoms with van der Waals surface area (Å²) in [5.41, 5.74) is -0.892. The van der Waals surface area contributed by atoms with Crippen LogP contribution in [0, 0.1) is 0 Å². The van der Waals surface area contributed by atoms with Gasteiger partial charge in [-0.3, -0.25) is 0 Å². The van der Waals surface area contributed by atoms with Crippen LogP contribution in [0.2, 0.25) is 0 Å². The third kappa shape index (κ3) is 1.17. The van der Waals surface area contributed by atoms with Gasteiger partial charge in [-0.2, -0.15) is 0 Å². The van der Waals surface area contributed by atoms with Gasteiger partial charge in [0.05, 0.1) is 19.3 Å². The van der Waals surface area contributed by atoms with Gasteiger partial charge in [0.1, 0.15) is 5.54 Å². The van der Waals surface area contributed by atoms with Crippen LogP contribution in [-0.4, -0.2) is 41.0 Å². The molecule has 0 aromatic rings. The first-order chi connectivity index (χ1) is 5.14. The fourth-order valence-electron chi connectivity index (χ4n) is 1.11. The predicted molar refractivity (Wildman–Crippen MR) is 38.0 cm³/mol. The van der Waals surface area contributed by atoms with Crippen LogP contribution in [0.25, 0.3) is 0 Å². The molecule has 1 unspecified atom stereocenters. The van der Waals surface area contributed by atoms with E-state index in [2.05, 4.69) is 10.6 Å². The van der Waals surface area contributed by atoms with Crippen molar-refractivity contribution in [1.82, 2.24) is 10.6 Å². The summed E-state index contributed by atoms with van der Waals surface area (Å²) in [5, 5.41) is 22.8. The molecule has 0 spiro atoms. The van der Waals surface area contributed by atoms with Crippen LogP contribution in [0.3, 0.4) is 0 Å². The van der Waals surface area contributed by atoms with E-state index in [1.807, 2.05) is 0 Å². The van der Waals surface area contributed by atoms with Gasteiger partial charge in [0, 0.05) is 0 Å². The van der Waals surface area contributed by atoms with Gasteiger partial charge in [0.2, 0.25) is 0 Å². The van der Waals surface area contributed by atoms with Gasteiger partial charge < -0.3 is 20.8 Å². The summed E-state index contributed by atoms with van der Waals surface area (Å²) < 4.78 is 0. The van der Waals surface area contributed by atoms with Crippen molar-refractivity contribution in [3.63, 3.8) is 0 Å². The van der Waals surface area contributed by atoms with E-state index in [1.165, 1.54) is 0 Å². The Balaban J connectivity index is 2.75. The molecule has 4 N–H and O–H groups in total. The van der Waals surface area contributed by atoms with Crippen LogP contribution in [0.15, 0.2) is 0 Å². The minimum Gasteiger partial charge on any atom is -0.394 e. The SMILES string of the molecule is CC1NC(=O)NC1(CO)CO. The zero-order valence-electron chi connectivity index (χ0n) is 6.29. The van der Waals surface area contributed by atoms with E-state index in [-0.39, 0.29) is 25.3 Å². The van der Waals surface area contributed by atoms with E-state index in [0.717, 1.165) is 0 Å². The molecule has 2 amide bonds. The molecule has 1 saturated heterocycles. The molecule has 0 radical (unpaired) electrons. The third-order valence-corrected chi connectivity index (χ3v) is 2.10. The van der Waals surface area contributed by atoms with Gasteiger partial charge >= 0.3 is 6.03 Å². The second kappa shape index (κ2) is 2.67. The Bertz CT molecular complexity index is 167. The van der Waals surface area contributed by atoms with Crippen molar-refractivity contribution in [1.29, 1.82) is 0 Å². The molecule has 1 heterocycles. The van der Waals surface area contributed by atoms with Crippen LogP contribution < -0.4 is 10.6 Å². The highest BCUT2D eigenvalue weighted by atomic mass is 16.3. The molecule has 1 fully saturated rings. The van der Waals surface area contributed by atoms with Crippen molar-refractivity contribution < 1.29 is 15.0 Å². The normalized spacial score (nSPS) is 27.9. The van der Waals surface area contributed by atoms with Crippen LogP contribution in [0.1, 0.15) is 6.92 Å². The first-order valence-corrected chi connectivity index (χ1v) is 3.45. The quantitative estimate of drug-likeness (QED) is 0.393. The zero-order chi connectivity index (χ0) is 8.48. The summed E-state index contributed by atoms with van der Waals surface area (Å²) >= 11 is 0. The van der Waals surface area contributed by atoms with Crippen LogP contribution in [-0.2, 0) is 0 Å². The minimum absolute atomic E-state index is 0.245. The Morgan fingerprint density at radius 1 is 1.55 bits per heavy atom. The molecule has 0 aromatic heterocycles. The topological polar surface area (TPSA) is 81.6 Å². The summed E-state index contributed by atoms with van der Waals surface area (Å²) in [6.07, 6.45) is 0. The van der Waals surface area contributed by atoms with Crippen LogP contribution >= 0.6 is 0 Å². The third-order valence-electron chi connectivity index (χ3n) is 2.10. The highest BCUT2D eigenvalue weighted by Crippen LogP contribution is 2.14. The van der Waals surface area contributed by atoms with E-state index in [4.69, 9.17) is 10.2 Å². The number of hydrogen-bond donors (Lipinski definition) is 4. The lowest BCUT2D eigenvalue weighted by Crippen LogP contribution is -2.54. The van der Waals surface area contributed by atoms with Crippen molar-refractivity contribution in [2.45, 2.75) is 18.5 Å². The average molecular weight is 160 g/mol. The standard InChI is InChI=1S/C6H12N2O3/c1-4-6(2-9,3-10)8-5(11)7-4/h4,9-10H,2-3H2,1H3,(H2,7,8,11). The summed E-state index contributed by atoms with van der Waals surface area (Å²) in [6, 6.07) is -0.592. The molecule has 11 heavy (non-hydrogen) atoms. The van der Waals surface area contributed by atoms with Crippen molar-refractivity contribution in [3.8, 4) is 0 Å². The van der Waals surface area contributed by atoms with Gasteiger partial charge in [-0.25, -0.2) is 4.79 Å². The zero-order valence-corrected chi connectivity index (χ0v) is 6.29. The number of aliphatic hydroxyl groups excluding tert-OH is 2. The number of hydrogen-bond acceptors (Lipinski definition) is 3. The number of urea groups is 1. The maximum Gasteiger partial charge on any atom is 0.315 e. The Kier molecular flexibility index (Phi) is 2.01. The Morgan fingerprint density at radius 2 is 2.09 bits per heavy atom. The maximum absolute atomic E-state index is 10.7. The Hall–Kier alpha value is -0.810. The number of rotatable bonds is 2. The molecule has 0 aromatic carbocycles. The maximum atomic E-state index is 10.7. The second-order valence-electron chi connectivity index (χ2n) is 2.79. The lowest BCUT2D eigenvalue weighted by Gasteiger charge is -2.27. The monoisotopic (exact) mass is 160 g/mol. The van der Waals surface area contributed by atoms with Crippen LogP contribution in [0.5, 0.6) is 0 Å². The number of aliphatic hydroxyl groups is 2. The summed E-state index contributed by atoms with van der Waals surface area (Å²) in [4.78, 5) is 10.7. The Morgan fingerprint density at radius 3 is 2.27 bits per heavy atom. The molecule has 5 heteroatoms. The van der Waals surface area contributed by atoms with E-state index in [1.54, 1.807) is 6.92 Å². The highest BCUT2D eigenvalue weighted by molar-refractivity contribution is 5.78. The predicted octanol–water partition coefficient (Wildman–Crippen LogP) is -1.59. The number of carbonyl (C=O) groups excluding carboxylic acids is 1. The summed E-state index contributed by atoms with van der Waals surface area (Å²) in [5.74, 6) is 0. The molecular formula is C6H12N2O3. The molecule has 64 valence electrons. The number of carbonyl (C=O) groups is 1. The lowest BCUT2D eigenvalue weighted by atomic mass is 9.95. The minimum atomic E-state index is -0.892. The molecule has 1 atom stereocenters. The van der Waals surface area contributed by atoms with E-state index < -0.39 is 5.54 Å². The number of nitrogens with one attached hydrogen (secondary N) is 2. The van der Waals surface area contributed by atoms with Gasteiger partial charge in [0.25, 0.3) is 0 Å². The summed E-state index contributed by atoms with van der Waals surface area (Å²) in [6.45, 7) is 1.21. The van der Waals surface area contributed by atoms with Gasteiger partial charge in [0.15, 0.2) is 0 Å².